The molecule has 1 aliphatic rings. The highest BCUT2D eigenvalue weighted by molar-refractivity contribution is 7.07. The molecule has 1 N–H and O–H groups in total. The summed E-state index contributed by atoms with van der Waals surface area (Å²) in [6, 6.07) is 8.31. The molecular weight excluding hydrogens is 320 g/mol. The number of hydrogen-bond acceptors (Lipinski definition) is 4. The second kappa shape index (κ2) is 7.92. The third kappa shape index (κ3) is 4.23. The first-order valence-corrected chi connectivity index (χ1v) is 9.28. The molecular formula is C19H24N2O2S. The summed E-state index contributed by atoms with van der Waals surface area (Å²) in [7, 11) is 0. The molecule has 1 aromatic heterocycles. The zero-order valence-corrected chi connectivity index (χ0v) is 15.1. The molecule has 0 radical (unpaired) electrons. The van der Waals surface area contributed by atoms with Crippen LogP contribution in [0.5, 0.6) is 0 Å². The summed E-state index contributed by atoms with van der Waals surface area (Å²) in [5, 5.41) is 7.38. The van der Waals surface area contributed by atoms with Crippen LogP contribution in [0, 0.1) is 13.8 Å². The second-order valence-corrected chi connectivity index (χ2v) is 7.09. The maximum atomic E-state index is 12.6. The topological polar surface area (TPSA) is 41.6 Å². The summed E-state index contributed by atoms with van der Waals surface area (Å²) in [5.74, 6) is -0.00436. The minimum atomic E-state index is -0.00436. The molecule has 2 aromatic rings. The van der Waals surface area contributed by atoms with Crippen LogP contribution in [-0.4, -0.2) is 43.7 Å². The Kier molecular flexibility index (Phi) is 5.66. The zero-order valence-electron chi connectivity index (χ0n) is 14.2. The van der Waals surface area contributed by atoms with E-state index in [0.29, 0.717) is 6.54 Å². The molecule has 0 unspecified atom stereocenters. The van der Waals surface area contributed by atoms with Crippen LogP contribution < -0.4 is 5.32 Å². The quantitative estimate of drug-likeness (QED) is 0.906. The van der Waals surface area contributed by atoms with Gasteiger partial charge in [0.1, 0.15) is 0 Å². The highest BCUT2D eigenvalue weighted by Crippen LogP contribution is 2.23. The molecule has 128 valence electrons. The number of thiophene rings is 1. The molecule has 0 bridgehead atoms. The molecule has 0 saturated carbocycles. The van der Waals surface area contributed by atoms with Crippen LogP contribution in [0.15, 0.2) is 35.0 Å². The van der Waals surface area contributed by atoms with Crippen molar-refractivity contribution in [2.75, 3.05) is 32.8 Å². The van der Waals surface area contributed by atoms with Gasteiger partial charge in [0.05, 0.1) is 19.3 Å². The molecule has 2 heterocycles. The number of carbonyl (C=O) groups excluding carboxylic acids is 1. The van der Waals surface area contributed by atoms with Crippen LogP contribution in [0.4, 0.5) is 0 Å². The van der Waals surface area contributed by atoms with Crippen molar-refractivity contribution in [3.63, 3.8) is 0 Å². The number of nitrogens with one attached hydrogen (secondary N) is 1. The summed E-state index contributed by atoms with van der Waals surface area (Å²) in [6.45, 7) is 7.97. The summed E-state index contributed by atoms with van der Waals surface area (Å²) in [5.41, 5.74) is 4.23. The predicted octanol–water partition coefficient (Wildman–Crippen LogP) is 3.17. The summed E-state index contributed by atoms with van der Waals surface area (Å²) < 4.78 is 5.46. The molecule has 1 atom stereocenters. The standard InChI is InChI=1S/C19H24N2O2S/c1-14-9-15(2)11-17(10-14)19(22)20-12-18(16-3-8-24-13-16)21-4-6-23-7-5-21/h3,8-11,13,18H,4-7,12H2,1-2H3,(H,20,22)/t18-/m1/s1. The van der Waals surface area contributed by atoms with Gasteiger partial charge in [-0.2, -0.15) is 11.3 Å². The van der Waals surface area contributed by atoms with Crippen molar-refractivity contribution >= 4 is 17.2 Å². The van der Waals surface area contributed by atoms with Gasteiger partial charge in [-0.3, -0.25) is 9.69 Å². The Labute approximate surface area is 147 Å². The molecule has 1 saturated heterocycles. The Morgan fingerprint density at radius 2 is 1.96 bits per heavy atom. The van der Waals surface area contributed by atoms with Gasteiger partial charge in [0, 0.05) is 25.2 Å². The van der Waals surface area contributed by atoms with Crippen molar-refractivity contribution in [2.45, 2.75) is 19.9 Å². The average Bonchev–Trinajstić information content (AvgIpc) is 3.09. The van der Waals surface area contributed by atoms with Crippen LogP contribution >= 0.6 is 11.3 Å². The van der Waals surface area contributed by atoms with Gasteiger partial charge in [0.2, 0.25) is 0 Å². The van der Waals surface area contributed by atoms with Crippen molar-refractivity contribution in [3.05, 3.63) is 57.3 Å². The van der Waals surface area contributed by atoms with E-state index in [9.17, 15) is 4.79 Å². The van der Waals surface area contributed by atoms with Gasteiger partial charge in [-0.05, 0) is 48.4 Å². The lowest BCUT2D eigenvalue weighted by Crippen LogP contribution is -2.43. The number of morpholine rings is 1. The van der Waals surface area contributed by atoms with Crippen molar-refractivity contribution in [2.24, 2.45) is 0 Å². The predicted molar refractivity (Wildman–Crippen MR) is 97.7 cm³/mol. The number of nitrogens with zero attached hydrogens (tertiary/aromatic N) is 1. The van der Waals surface area contributed by atoms with Crippen molar-refractivity contribution in [1.82, 2.24) is 10.2 Å². The van der Waals surface area contributed by atoms with Crippen molar-refractivity contribution in [1.29, 1.82) is 0 Å². The lowest BCUT2D eigenvalue weighted by molar-refractivity contribution is 0.0163. The zero-order chi connectivity index (χ0) is 16.9. The normalized spacial score (nSPS) is 16.8. The van der Waals surface area contributed by atoms with Crippen LogP contribution in [0.25, 0.3) is 0 Å². The van der Waals surface area contributed by atoms with Gasteiger partial charge < -0.3 is 10.1 Å². The van der Waals surface area contributed by atoms with Gasteiger partial charge in [0.15, 0.2) is 0 Å². The highest BCUT2D eigenvalue weighted by Gasteiger charge is 2.23. The van der Waals surface area contributed by atoms with E-state index in [1.807, 2.05) is 26.0 Å². The summed E-state index contributed by atoms with van der Waals surface area (Å²) in [4.78, 5) is 15.0. The number of benzene rings is 1. The first-order valence-electron chi connectivity index (χ1n) is 8.34. The molecule has 1 aliphatic heterocycles. The summed E-state index contributed by atoms with van der Waals surface area (Å²) in [6.07, 6.45) is 0. The monoisotopic (exact) mass is 344 g/mol. The SMILES string of the molecule is Cc1cc(C)cc(C(=O)NC[C@H](c2ccsc2)N2CCOCC2)c1. The Morgan fingerprint density at radius 3 is 2.58 bits per heavy atom. The fourth-order valence-corrected chi connectivity index (χ4v) is 3.92. The molecule has 0 aliphatic carbocycles. The number of aryl methyl sites for hydroxylation is 2. The van der Waals surface area contributed by atoms with Gasteiger partial charge in [-0.1, -0.05) is 17.2 Å². The molecule has 4 nitrogen and oxygen atoms in total. The van der Waals surface area contributed by atoms with Crippen molar-refractivity contribution in [3.8, 4) is 0 Å². The lowest BCUT2D eigenvalue weighted by atomic mass is 10.1. The van der Waals surface area contributed by atoms with E-state index in [1.165, 1.54) is 5.56 Å². The first kappa shape index (κ1) is 17.1. The molecule has 24 heavy (non-hydrogen) atoms. The van der Waals surface area contributed by atoms with E-state index < -0.39 is 0 Å². The van der Waals surface area contributed by atoms with E-state index in [1.54, 1.807) is 11.3 Å². The van der Waals surface area contributed by atoms with E-state index in [-0.39, 0.29) is 11.9 Å². The van der Waals surface area contributed by atoms with E-state index in [0.717, 1.165) is 43.0 Å². The smallest absolute Gasteiger partial charge is 0.251 e. The fraction of sp³-hybridized carbons (Fsp3) is 0.421. The van der Waals surface area contributed by atoms with Crippen LogP contribution in [0.3, 0.4) is 0 Å². The molecule has 5 heteroatoms. The number of carbonyl (C=O) groups is 1. The van der Waals surface area contributed by atoms with E-state index in [4.69, 9.17) is 4.74 Å². The maximum absolute atomic E-state index is 12.6. The number of hydrogen-bond donors (Lipinski definition) is 1. The third-order valence-electron chi connectivity index (χ3n) is 4.35. The van der Waals surface area contributed by atoms with Gasteiger partial charge in [0.25, 0.3) is 5.91 Å². The minimum absolute atomic E-state index is 0.00436. The molecule has 1 aromatic carbocycles. The minimum Gasteiger partial charge on any atom is -0.379 e. The molecule has 1 amide bonds. The summed E-state index contributed by atoms with van der Waals surface area (Å²) >= 11 is 1.70. The molecule has 1 fully saturated rings. The third-order valence-corrected chi connectivity index (χ3v) is 5.06. The lowest BCUT2D eigenvalue weighted by Gasteiger charge is -2.34. The average molecular weight is 344 g/mol. The Balaban J connectivity index is 1.69. The largest absolute Gasteiger partial charge is 0.379 e. The van der Waals surface area contributed by atoms with E-state index >= 15 is 0 Å². The van der Waals surface area contributed by atoms with Crippen molar-refractivity contribution < 1.29 is 9.53 Å². The Morgan fingerprint density at radius 1 is 1.25 bits per heavy atom. The Bertz CT molecular complexity index is 658. The van der Waals surface area contributed by atoms with Crippen LogP contribution in [0.2, 0.25) is 0 Å². The Hall–Kier alpha value is -1.69. The van der Waals surface area contributed by atoms with Gasteiger partial charge in [-0.15, -0.1) is 0 Å². The van der Waals surface area contributed by atoms with E-state index in [2.05, 4.69) is 33.1 Å². The maximum Gasteiger partial charge on any atom is 0.251 e. The molecule has 3 rings (SSSR count). The fourth-order valence-electron chi connectivity index (χ4n) is 3.21. The number of amides is 1. The van der Waals surface area contributed by atoms with Crippen LogP contribution in [0.1, 0.15) is 33.1 Å². The van der Waals surface area contributed by atoms with Gasteiger partial charge in [-0.25, -0.2) is 0 Å². The second-order valence-electron chi connectivity index (χ2n) is 6.31. The number of rotatable bonds is 5. The highest BCUT2D eigenvalue weighted by atomic mass is 32.1. The first-order chi connectivity index (χ1) is 11.6. The number of ether oxygens (including phenoxy) is 1. The van der Waals surface area contributed by atoms with Crippen LogP contribution in [-0.2, 0) is 4.74 Å². The van der Waals surface area contributed by atoms with Gasteiger partial charge >= 0.3 is 0 Å². The molecule has 0 spiro atoms.